The minimum Gasteiger partial charge on any atom is -0.493 e. The summed E-state index contributed by atoms with van der Waals surface area (Å²) in [5.41, 5.74) is 1.07. The summed E-state index contributed by atoms with van der Waals surface area (Å²) in [7, 11) is 1.58. The fraction of sp³-hybridized carbons (Fsp3) is 0.385. The van der Waals surface area contributed by atoms with Crippen LogP contribution in [-0.4, -0.2) is 37.1 Å². The molecule has 6 heteroatoms. The number of benzene rings is 1. The molecule has 5 nitrogen and oxygen atoms in total. The van der Waals surface area contributed by atoms with Gasteiger partial charge in [0.2, 0.25) is 0 Å². The second kappa shape index (κ2) is 6.47. The normalized spacial score (nSPS) is 13.9. The van der Waals surface area contributed by atoms with Gasteiger partial charge in [0.15, 0.2) is 23.3 Å². The van der Waals surface area contributed by atoms with Crippen LogP contribution in [0.2, 0.25) is 0 Å². The SMILES string of the molecule is COc1cc(C)ccc1OCC(=O)NC1=NCCS1. The predicted molar refractivity (Wildman–Crippen MR) is 76.1 cm³/mol. The number of amides is 1. The molecule has 0 saturated carbocycles. The Morgan fingerprint density at radius 2 is 2.32 bits per heavy atom. The molecule has 0 saturated heterocycles. The number of nitrogens with one attached hydrogen (secondary N) is 1. The van der Waals surface area contributed by atoms with Crippen molar-refractivity contribution in [1.29, 1.82) is 0 Å². The van der Waals surface area contributed by atoms with E-state index < -0.39 is 0 Å². The van der Waals surface area contributed by atoms with E-state index in [9.17, 15) is 4.79 Å². The van der Waals surface area contributed by atoms with E-state index in [2.05, 4.69) is 10.3 Å². The van der Waals surface area contributed by atoms with Crippen LogP contribution in [0.1, 0.15) is 5.56 Å². The lowest BCUT2D eigenvalue weighted by molar-refractivity contribution is -0.121. The number of nitrogens with zero attached hydrogens (tertiary/aromatic N) is 1. The zero-order valence-electron chi connectivity index (χ0n) is 10.9. The fourth-order valence-electron chi connectivity index (χ4n) is 1.60. The van der Waals surface area contributed by atoms with Gasteiger partial charge in [-0.05, 0) is 24.6 Å². The average molecular weight is 280 g/mol. The van der Waals surface area contributed by atoms with Crippen molar-refractivity contribution in [2.45, 2.75) is 6.92 Å². The summed E-state index contributed by atoms with van der Waals surface area (Å²) >= 11 is 1.54. The first-order valence-electron chi connectivity index (χ1n) is 5.93. The Morgan fingerprint density at radius 1 is 1.47 bits per heavy atom. The van der Waals surface area contributed by atoms with Crippen LogP contribution in [0.4, 0.5) is 0 Å². The van der Waals surface area contributed by atoms with E-state index in [1.54, 1.807) is 13.2 Å². The summed E-state index contributed by atoms with van der Waals surface area (Å²) in [6.45, 7) is 2.67. The second-order valence-corrected chi connectivity index (χ2v) is 5.11. The number of carbonyl (C=O) groups excluding carboxylic acids is 1. The Hall–Kier alpha value is -1.69. The lowest BCUT2D eigenvalue weighted by Crippen LogP contribution is -2.32. The second-order valence-electron chi connectivity index (χ2n) is 4.03. The smallest absolute Gasteiger partial charge is 0.263 e. The zero-order chi connectivity index (χ0) is 13.7. The van der Waals surface area contributed by atoms with Crippen molar-refractivity contribution >= 4 is 22.8 Å². The van der Waals surface area contributed by atoms with Gasteiger partial charge in [0.1, 0.15) is 0 Å². The van der Waals surface area contributed by atoms with Crippen molar-refractivity contribution in [2.24, 2.45) is 4.99 Å². The number of methoxy groups -OCH3 is 1. The number of hydrogen-bond acceptors (Lipinski definition) is 5. The lowest BCUT2D eigenvalue weighted by atomic mass is 10.2. The maximum atomic E-state index is 11.7. The van der Waals surface area contributed by atoms with Crippen molar-refractivity contribution in [3.63, 3.8) is 0 Å². The zero-order valence-corrected chi connectivity index (χ0v) is 11.8. The van der Waals surface area contributed by atoms with E-state index in [0.29, 0.717) is 16.7 Å². The van der Waals surface area contributed by atoms with Gasteiger partial charge < -0.3 is 14.8 Å². The molecule has 1 aromatic carbocycles. The molecule has 0 aromatic heterocycles. The monoisotopic (exact) mass is 280 g/mol. The van der Waals surface area contributed by atoms with Crippen LogP contribution in [-0.2, 0) is 4.79 Å². The highest BCUT2D eigenvalue weighted by molar-refractivity contribution is 8.14. The average Bonchev–Trinajstić information content (AvgIpc) is 2.90. The van der Waals surface area contributed by atoms with Gasteiger partial charge in [-0.3, -0.25) is 9.79 Å². The fourth-order valence-corrected chi connectivity index (χ4v) is 2.35. The summed E-state index contributed by atoms with van der Waals surface area (Å²) in [6.07, 6.45) is 0. The van der Waals surface area contributed by atoms with Crippen molar-refractivity contribution in [3.05, 3.63) is 23.8 Å². The van der Waals surface area contributed by atoms with Gasteiger partial charge in [-0.1, -0.05) is 17.8 Å². The summed E-state index contributed by atoms with van der Waals surface area (Å²) in [5, 5.41) is 3.38. The van der Waals surface area contributed by atoms with E-state index in [1.807, 2.05) is 19.1 Å². The molecule has 19 heavy (non-hydrogen) atoms. The van der Waals surface area contributed by atoms with Crippen LogP contribution < -0.4 is 14.8 Å². The molecule has 0 radical (unpaired) electrons. The number of amidine groups is 1. The molecule has 1 aliphatic heterocycles. The minimum absolute atomic E-state index is 0.0565. The summed E-state index contributed by atoms with van der Waals surface area (Å²) in [5.74, 6) is 1.89. The number of rotatable bonds is 4. The lowest BCUT2D eigenvalue weighted by Gasteiger charge is -2.11. The first-order valence-corrected chi connectivity index (χ1v) is 6.92. The van der Waals surface area contributed by atoms with E-state index in [1.165, 1.54) is 11.8 Å². The third-order valence-electron chi connectivity index (χ3n) is 2.51. The molecule has 0 atom stereocenters. The first kappa shape index (κ1) is 13.7. The van der Waals surface area contributed by atoms with Crippen molar-refractivity contribution < 1.29 is 14.3 Å². The molecule has 0 fully saturated rings. The molecular formula is C13H16N2O3S. The van der Waals surface area contributed by atoms with Crippen LogP contribution in [0.25, 0.3) is 0 Å². The molecular weight excluding hydrogens is 264 g/mol. The largest absolute Gasteiger partial charge is 0.493 e. The highest BCUT2D eigenvalue weighted by Gasteiger charge is 2.12. The highest BCUT2D eigenvalue weighted by Crippen LogP contribution is 2.27. The summed E-state index contributed by atoms with van der Waals surface area (Å²) in [4.78, 5) is 15.8. The highest BCUT2D eigenvalue weighted by atomic mass is 32.2. The van der Waals surface area contributed by atoms with Crippen LogP contribution in [0.15, 0.2) is 23.2 Å². The molecule has 102 valence electrons. The maximum Gasteiger partial charge on any atom is 0.263 e. The van der Waals surface area contributed by atoms with E-state index in [-0.39, 0.29) is 12.5 Å². The molecule has 1 amide bonds. The maximum absolute atomic E-state index is 11.7. The van der Waals surface area contributed by atoms with Gasteiger partial charge in [0.25, 0.3) is 5.91 Å². The van der Waals surface area contributed by atoms with Crippen LogP contribution in [0.3, 0.4) is 0 Å². The Morgan fingerprint density at radius 3 is 3.00 bits per heavy atom. The summed E-state index contributed by atoms with van der Waals surface area (Å²) < 4.78 is 10.7. The number of carbonyl (C=O) groups is 1. The standard InChI is InChI=1S/C13H16N2O3S/c1-9-3-4-10(11(7-9)17-2)18-8-12(16)15-13-14-5-6-19-13/h3-4,7H,5-6,8H2,1-2H3,(H,14,15,16). The third-order valence-corrected chi connectivity index (χ3v) is 3.40. The summed E-state index contributed by atoms with van der Waals surface area (Å²) in [6, 6.07) is 5.57. The van der Waals surface area contributed by atoms with E-state index >= 15 is 0 Å². The number of aryl methyl sites for hydroxylation is 1. The van der Waals surface area contributed by atoms with Gasteiger partial charge in [-0.15, -0.1) is 0 Å². The van der Waals surface area contributed by atoms with Gasteiger partial charge in [0.05, 0.1) is 13.7 Å². The molecule has 1 aliphatic rings. The Balaban J connectivity index is 1.89. The number of thioether (sulfide) groups is 1. The molecule has 0 spiro atoms. The van der Waals surface area contributed by atoms with Gasteiger partial charge >= 0.3 is 0 Å². The van der Waals surface area contributed by atoms with Gasteiger partial charge in [-0.25, -0.2) is 0 Å². The quantitative estimate of drug-likeness (QED) is 0.910. The van der Waals surface area contributed by atoms with Crippen molar-refractivity contribution in [3.8, 4) is 11.5 Å². The number of aliphatic imine (C=N–C) groups is 1. The Kier molecular flexibility index (Phi) is 4.68. The van der Waals surface area contributed by atoms with Crippen molar-refractivity contribution in [1.82, 2.24) is 5.32 Å². The van der Waals surface area contributed by atoms with E-state index in [4.69, 9.17) is 9.47 Å². The predicted octanol–water partition coefficient (Wildman–Crippen LogP) is 1.60. The Bertz CT molecular complexity index is 503. The van der Waals surface area contributed by atoms with Crippen LogP contribution in [0, 0.1) is 6.92 Å². The third kappa shape index (κ3) is 3.89. The molecule has 0 unspecified atom stereocenters. The minimum atomic E-state index is -0.212. The molecule has 0 aliphatic carbocycles. The number of hydrogen-bond donors (Lipinski definition) is 1. The van der Waals surface area contributed by atoms with Crippen molar-refractivity contribution in [2.75, 3.05) is 26.0 Å². The van der Waals surface area contributed by atoms with Crippen LogP contribution in [0.5, 0.6) is 11.5 Å². The number of ether oxygens (including phenoxy) is 2. The van der Waals surface area contributed by atoms with Crippen LogP contribution >= 0.6 is 11.8 Å². The molecule has 1 heterocycles. The Labute approximate surface area is 116 Å². The molecule has 0 bridgehead atoms. The topological polar surface area (TPSA) is 59.9 Å². The molecule has 2 rings (SSSR count). The van der Waals surface area contributed by atoms with E-state index in [0.717, 1.165) is 17.9 Å². The van der Waals surface area contributed by atoms with Gasteiger partial charge in [-0.2, -0.15) is 0 Å². The van der Waals surface area contributed by atoms with Gasteiger partial charge in [0, 0.05) is 5.75 Å². The first-order chi connectivity index (χ1) is 9.19. The molecule has 1 aromatic rings. The molecule has 1 N–H and O–H groups in total.